The van der Waals surface area contributed by atoms with Gasteiger partial charge >= 0.3 is 12.1 Å². The molecule has 158 valence electrons. The number of benzene rings is 2. The van der Waals surface area contributed by atoms with Crippen LogP contribution in [0, 0.1) is 0 Å². The molecular weight excluding hydrogens is 409 g/mol. The third-order valence-electron chi connectivity index (χ3n) is 4.31. The highest BCUT2D eigenvalue weighted by Crippen LogP contribution is 2.35. The molecule has 1 N–H and O–H groups in total. The third-order valence-corrected chi connectivity index (χ3v) is 4.61. The van der Waals surface area contributed by atoms with Gasteiger partial charge < -0.3 is 14.6 Å². The molecule has 0 spiro atoms. The van der Waals surface area contributed by atoms with Crippen molar-refractivity contribution in [2.24, 2.45) is 0 Å². The molecule has 4 nitrogen and oxygen atoms in total. The van der Waals surface area contributed by atoms with Crippen LogP contribution in [-0.4, -0.2) is 23.8 Å². The molecule has 0 aliphatic carbocycles. The van der Waals surface area contributed by atoms with Gasteiger partial charge in [0.2, 0.25) is 0 Å². The van der Waals surface area contributed by atoms with Gasteiger partial charge in [0.15, 0.2) is 0 Å². The summed E-state index contributed by atoms with van der Waals surface area (Å²) in [6.07, 6.45) is -4.22. The molecule has 2 aromatic rings. The molecule has 0 aliphatic heterocycles. The molecule has 0 aliphatic rings. The number of hydrogen-bond acceptors (Lipinski definition) is 3. The second-order valence-electron chi connectivity index (χ2n) is 6.78. The highest BCUT2D eigenvalue weighted by Gasteiger charge is 2.31. The van der Waals surface area contributed by atoms with E-state index < -0.39 is 17.7 Å². The lowest BCUT2D eigenvalue weighted by atomic mass is 9.98. The first-order chi connectivity index (χ1) is 13.6. The first-order valence-corrected chi connectivity index (χ1v) is 9.42. The van der Waals surface area contributed by atoms with Gasteiger partial charge in [-0.25, -0.2) is 0 Å². The molecule has 2 atom stereocenters. The Morgan fingerprint density at radius 1 is 1.14 bits per heavy atom. The van der Waals surface area contributed by atoms with Crippen molar-refractivity contribution < 1.29 is 32.5 Å². The van der Waals surface area contributed by atoms with Gasteiger partial charge in [0.1, 0.15) is 11.5 Å². The topological polar surface area (TPSA) is 55.8 Å². The number of halogens is 4. The predicted molar refractivity (Wildman–Crippen MR) is 104 cm³/mol. The largest absolute Gasteiger partial charge is 0.493 e. The summed E-state index contributed by atoms with van der Waals surface area (Å²) in [5.74, 6) is -0.122. The van der Waals surface area contributed by atoms with Gasteiger partial charge in [-0.1, -0.05) is 30.7 Å². The van der Waals surface area contributed by atoms with Crippen LogP contribution < -0.4 is 9.47 Å². The van der Waals surface area contributed by atoms with Crippen LogP contribution in [-0.2, 0) is 11.0 Å². The molecule has 0 saturated heterocycles. The van der Waals surface area contributed by atoms with Crippen LogP contribution in [0.25, 0.3) is 0 Å². The summed E-state index contributed by atoms with van der Waals surface area (Å²) in [5.41, 5.74) is 0.0837. The first-order valence-electron chi connectivity index (χ1n) is 9.04. The van der Waals surface area contributed by atoms with E-state index in [1.54, 1.807) is 19.1 Å². The van der Waals surface area contributed by atoms with Gasteiger partial charge in [-0.05, 0) is 48.7 Å². The van der Waals surface area contributed by atoms with Crippen LogP contribution in [0.5, 0.6) is 11.5 Å². The van der Waals surface area contributed by atoms with E-state index in [9.17, 15) is 18.0 Å². The lowest BCUT2D eigenvalue weighted by molar-refractivity contribution is -0.138. The summed E-state index contributed by atoms with van der Waals surface area (Å²) in [4.78, 5) is 10.8. The van der Waals surface area contributed by atoms with Gasteiger partial charge in [-0.3, -0.25) is 4.79 Å². The number of alkyl halides is 3. The van der Waals surface area contributed by atoms with Crippen LogP contribution in [0.4, 0.5) is 13.2 Å². The lowest BCUT2D eigenvalue weighted by Gasteiger charge is -2.17. The minimum Gasteiger partial charge on any atom is -0.493 e. The fourth-order valence-electron chi connectivity index (χ4n) is 2.66. The summed E-state index contributed by atoms with van der Waals surface area (Å²) in [6, 6.07) is 10.2. The molecule has 0 saturated carbocycles. The second-order valence-corrected chi connectivity index (χ2v) is 7.18. The van der Waals surface area contributed by atoms with Crippen LogP contribution in [0.2, 0.25) is 5.02 Å². The minimum absolute atomic E-state index is 0.0571. The number of hydrogen-bond donors (Lipinski definition) is 1. The standard InChI is InChI=1S/C21H22ClF3O4/c1-13(11-20(26)27)15-3-6-17(7-4-15)28-10-9-14(2)29-19-8-5-16(12-18(19)22)21(23,24)25/h3-8,12-14H,9-11H2,1-2H3,(H,26,27). The average molecular weight is 431 g/mol. The number of carbonyl (C=O) groups is 1. The van der Waals surface area contributed by atoms with Crippen molar-refractivity contribution >= 4 is 17.6 Å². The Morgan fingerprint density at radius 3 is 2.34 bits per heavy atom. The fourth-order valence-corrected chi connectivity index (χ4v) is 2.89. The molecular formula is C21H22ClF3O4. The smallest absolute Gasteiger partial charge is 0.416 e. The third kappa shape index (κ3) is 7.16. The van der Waals surface area contributed by atoms with Crippen LogP contribution >= 0.6 is 11.6 Å². The normalized spacial score (nSPS) is 13.6. The van der Waals surface area contributed by atoms with E-state index in [4.69, 9.17) is 26.2 Å². The Kier molecular flexibility index (Phi) is 7.79. The molecule has 0 aromatic heterocycles. The van der Waals surface area contributed by atoms with E-state index in [1.807, 2.05) is 19.1 Å². The molecule has 0 heterocycles. The van der Waals surface area contributed by atoms with Crippen molar-refractivity contribution in [1.29, 1.82) is 0 Å². The number of ether oxygens (including phenoxy) is 2. The Morgan fingerprint density at radius 2 is 1.79 bits per heavy atom. The summed E-state index contributed by atoms with van der Waals surface area (Å²) in [5, 5.41) is 8.75. The summed E-state index contributed by atoms with van der Waals surface area (Å²) in [7, 11) is 0. The summed E-state index contributed by atoms with van der Waals surface area (Å²) < 4.78 is 49.3. The van der Waals surface area contributed by atoms with Crippen molar-refractivity contribution in [3.63, 3.8) is 0 Å². The average Bonchev–Trinajstić information content (AvgIpc) is 2.62. The maximum absolute atomic E-state index is 12.7. The molecule has 8 heteroatoms. The molecule has 2 rings (SSSR count). The molecule has 2 aromatic carbocycles. The number of aliphatic carboxylic acids is 1. The Hall–Kier alpha value is -2.41. The molecule has 29 heavy (non-hydrogen) atoms. The zero-order valence-electron chi connectivity index (χ0n) is 16.0. The predicted octanol–water partition coefficient (Wildman–Crippen LogP) is 6.17. The zero-order valence-corrected chi connectivity index (χ0v) is 16.8. The van der Waals surface area contributed by atoms with Gasteiger partial charge in [-0.15, -0.1) is 0 Å². The molecule has 0 bridgehead atoms. The molecule has 0 amide bonds. The van der Waals surface area contributed by atoms with E-state index in [-0.39, 0.29) is 29.2 Å². The molecule has 0 radical (unpaired) electrons. The van der Waals surface area contributed by atoms with E-state index in [0.717, 1.165) is 17.7 Å². The fraction of sp³-hybridized carbons (Fsp3) is 0.381. The first kappa shape index (κ1) is 22.9. The minimum atomic E-state index is -4.46. The Labute approximate surface area is 172 Å². The van der Waals surface area contributed by atoms with Crippen molar-refractivity contribution in [2.75, 3.05) is 6.61 Å². The highest BCUT2D eigenvalue weighted by atomic mass is 35.5. The van der Waals surface area contributed by atoms with Crippen molar-refractivity contribution in [3.05, 3.63) is 58.6 Å². The van der Waals surface area contributed by atoms with Gasteiger partial charge in [-0.2, -0.15) is 13.2 Å². The highest BCUT2D eigenvalue weighted by molar-refractivity contribution is 6.32. The Balaban J connectivity index is 1.82. The van der Waals surface area contributed by atoms with Gasteiger partial charge in [0.25, 0.3) is 0 Å². The second kappa shape index (κ2) is 9.87. The number of rotatable bonds is 9. The maximum Gasteiger partial charge on any atom is 0.416 e. The van der Waals surface area contributed by atoms with Crippen molar-refractivity contribution in [3.8, 4) is 11.5 Å². The summed E-state index contributed by atoms with van der Waals surface area (Å²) >= 11 is 5.89. The Bertz CT molecular complexity index is 822. The van der Waals surface area contributed by atoms with Crippen molar-refractivity contribution in [1.82, 2.24) is 0 Å². The van der Waals surface area contributed by atoms with Crippen LogP contribution in [0.3, 0.4) is 0 Å². The number of carboxylic acid groups (broad SMARTS) is 1. The maximum atomic E-state index is 12.7. The van der Waals surface area contributed by atoms with E-state index >= 15 is 0 Å². The summed E-state index contributed by atoms with van der Waals surface area (Å²) in [6.45, 7) is 3.95. The van der Waals surface area contributed by atoms with Crippen LogP contribution in [0.15, 0.2) is 42.5 Å². The number of carboxylic acids is 1. The lowest BCUT2D eigenvalue weighted by Crippen LogP contribution is -2.16. The van der Waals surface area contributed by atoms with Crippen LogP contribution in [0.1, 0.15) is 43.7 Å². The van der Waals surface area contributed by atoms with E-state index in [0.29, 0.717) is 18.8 Å². The SMILES string of the molecule is CC(CCOc1ccc(C(C)CC(=O)O)cc1)Oc1ccc(C(F)(F)F)cc1Cl. The van der Waals surface area contributed by atoms with Gasteiger partial charge in [0, 0.05) is 6.42 Å². The monoisotopic (exact) mass is 430 g/mol. The molecule has 2 unspecified atom stereocenters. The molecule has 0 fully saturated rings. The van der Waals surface area contributed by atoms with Crippen molar-refractivity contribution in [2.45, 2.75) is 44.9 Å². The van der Waals surface area contributed by atoms with E-state index in [1.165, 1.54) is 6.07 Å². The quantitative estimate of drug-likeness (QED) is 0.516. The zero-order chi connectivity index (χ0) is 21.6. The van der Waals surface area contributed by atoms with E-state index in [2.05, 4.69) is 0 Å². The van der Waals surface area contributed by atoms with Gasteiger partial charge in [0.05, 0.1) is 29.7 Å².